The second kappa shape index (κ2) is 5.47. The molecule has 17 heavy (non-hydrogen) atoms. The molecule has 2 aromatic rings. The third kappa shape index (κ3) is 2.96. The zero-order chi connectivity index (χ0) is 12.3. The first-order valence-corrected chi connectivity index (χ1v) is 6.42. The third-order valence-corrected chi connectivity index (χ3v) is 3.58. The Labute approximate surface area is 110 Å². The van der Waals surface area contributed by atoms with Gasteiger partial charge in [0.15, 0.2) is 0 Å². The van der Waals surface area contributed by atoms with Crippen molar-refractivity contribution in [3.05, 3.63) is 52.5 Å². The van der Waals surface area contributed by atoms with Gasteiger partial charge >= 0.3 is 0 Å². The summed E-state index contributed by atoms with van der Waals surface area (Å²) >= 11 is 3.57. The molecule has 90 valence electrons. The fourth-order valence-electron chi connectivity index (χ4n) is 1.75. The summed E-state index contributed by atoms with van der Waals surface area (Å²) in [6.45, 7) is 2.93. The van der Waals surface area contributed by atoms with E-state index < -0.39 is 0 Å². The van der Waals surface area contributed by atoms with Crippen LogP contribution in [0.1, 0.15) is 24.4 Å². The molecule has 3 nitrogen and oxygen atoms in total. The number of hydrogen-bond acceptors (Lipinski definition) is 2. The summed E-state index contributed by atoms with van der Waals surface area (Å²) in [5, 5.41) is 3.47. The van der Waals surface area contributed by atoms with Crippen molar-refractivity contribution in [3.63, 3.8) is 0 Å². The fourth-order valence-corrected chi connectivity index (χ4v) is 2.38. The molecule has 1 heterocycles. The molecule has 4 heteroatoms. The first-order chi connectivity index (χ1) is 8.18. The third-order valence-electron chi connectivity index (χ3n) is 2.86. The summed E-state index contributed by atoms with van der Waals surface area (Å²) in [6.07, 6.45) is 3.78. The molecule has 0 aliphatic heterocycles. The lowest BCUT2D eigenvalue weighted by molar-refractivity contribution is 0.548. The van der Waals surface area contributed by atoms with E-state index in [0.717, 1.165) is 16.8 Å². The highest BCUT2D eigenvalue weighted by Crippen LogP contribution is 2.22. The van der Waals surface area contributed by atoms with Crippen LogP contribution in [0.15, 0.2) is 41.1 Å². The number of imidazole rings is 1. The quantitative estimate of drug-likeness (QED) is 0.939. The van der Waals surface area contributed by atoms with E-state index >= 15 is 0 Å². The van der Waals surface area contributed by atoms with Gasteiger partial charge in [-0.05, 0) is 18.6 Å². The van der Waals surface area contributed by atoms with Crippen LogP contribution in [0.25, 0.3) is 0 Å². The molecule has 0 radical (unpaired) electrons. The standard InChI is InChI=1S/C13H16BrN3/c1-10(11-5-3-4-6-12(11)14)16-9-13-15-7-8-17(13)2/h3-8,10,16H,9H2,1-2H3/t10-/m1/s1. The van der Waals surface area contributed by atoms with Crippen molar-refractivity contribution in [1.29, 1.82) is 0 Å². The van der Waals surface area contributed by atoms with E-state index in [1.807, 2.05) is 30.1 Å². The molecule has 0 bridgehead atoms. The Morgan fingerprint density at radius 3 is 2.82 bits per heavy atom. The molecule has 0 fully saturated rings. The van der Waals surface area contributed by atoms with Gasteiger partial charge in [0.2, 0.25) is 0 Å². The van der Waals surface area contributed by atoms with Crippen LogP contribution in [0.5, 0.6) is 0 Å². The molecule has 0 unspecified atom stereocenters. The number of aromatic nitrogens is 2. The Hall–Kier alpha value is -1.13. The summed E-state index contributed by atoms with van der Waals surface area (Å²) in [4.78, 5) is 4.29. The molecule has 2 rings (SSSR count). The number of rotatable bonds is 4. The van der Waals surface area contributed by atoms with Gasteiger partial charge in [0.25, 0.3) is 0 Å². The van der Waals surface area contributed by atoms with Gasteiger partial charge in [0.05, 0.1) is 6.54 Å². The van der Waals surface area contributed by atoms with Crippen molar-refractivity contribution in [2.75, 3.05) is 0 Å². The molecule has 1 aromatic carbocycles. The molecule has 0 aliphatic carbocycles. The molecule has 1 N–H and O–H groups in total. The predicted molar refractivity (Wildman–Crippen MR) is 72.6 cm³/mol. The Balaban J connectivity index is 2.01. The second-order valence-electron chi connectivity index (χ2n) is 4.08. The minimum absolute atomic E-state index is 0.294. The van der Waals surface area contributed by atoms with Crippen molar-refractivity contribution >= 4 is 15.9 Å². The van der Waals surface area contributed by atoms with Crippen LogP contribution in [0, 0.1) is 0 Å². The maximum absolute atomic E-state index is 4.29. The topological polar surface area (TPSA) is 29.9 Å². The number of benzene rings is 1. The lowest BCUT2D eigenvalue weighted by atomic mass is 10.1. The Morgan fingerprint density at radius 1 is 1.41 bits per heavy atom. The molecule has 0 spiro atoms. The van der Waals surface area contributed by atoms with Crippen LogP contribution in [0.2, 0.25) is 0 Å². The largest absolute Gasteiger partial charge is 0.337 e. The molecular formula is C13H16BrN3. The van der Waals surface area contributed by atoms with Crippen LogP contribution in [0.4, 0.5) is 0 Å². The highest BCUT2D eigenvalue weighted by atomic mass is 79.9. The monoisotopic (exact) mass is 293 g/mol. The zero-order valence-corrected chi connectivity index (χ0v) is 11.6. The van der Waals surface area contributed by atoms with Crippen LogP contribution < -0.4 is 5.32 Å². The summed E-state index contributed by atoms with van der Waals surface area (Å²) < 4.78 is 3.17. The van der Waals surface area contributed by atoms with Crippen molar-refractivity contribution in [3.8, 4) is 0 Å². The SMILES string of the molecule is C[C@@H](NCc1nccn1C)c1ccccc1Br. The first kappa shape index (κ1) is 12.3. The van der Waals surface area contributed by atoms with E-state index in [1.165, 1.54) is 5.56 Å². The van der Waals surface area contributed by atoms with Crippen LogP contribution in [-0.2, 0) is 13.6 Å². The first-order valence-electron chi connectivity index (χ1n) is 5.62. The van der Waals surface area contributed by atoms with E-state index in [2.05, 4.69) is 51.4 Å². The van der Waals surface area contributed by atoms with Crippen molar-refractivity contribution < 1.29 is 0 Å². The van der Waals surface area contributed by atoms with Gasteiger partial charge in [-0.1, -0.05) is 34.1 Å². The summed E-state index contributed by atoms with van der Waals surface area (Å²) in [7, 11) is 2.01. The van der Waals surface area contributed by atoms with Crippen molar-refractivity contribution in [2.45, 2.75) is 19.5 Å². The summed E-state index contributed by atoms with van der Waals surface area (Å²) in [5.41, 5.74) is 1.27. The maximum atomic E-state index is 4.29. The molecule has 0 amide bonds. The minimum atomic E-state index is 0.294. The molecule has 1 aromatic heterocycles. The predicted octanol–water partition coefficient (Wildman–Crippen LogP) is 3.03. The second-order valence-corrected chi connectivity index (χ2v) is 4.93. The maximum Gasteiger partial charge on any atom is 0.122 e. The molecule has 0 aliphatic rings. The summed E-state index contributed by atoms with van der Waals surface area (Å²) in [6, 6.07) is 8.56. The minimum Gasteiger partial charge on any atom is -0.337 e. The van der Waals surface area contributed by atoms with E-state index in [9.17, 15) is 0 Å². The number of halogens is 1. The average Bonchev–Trinajstić information content (AvgIpc) is 2.72. The average molecular weight is 294 g/mol. The summed E-state index contributed by atoms with van der Waals surface area (Å²) in [5.74, 6) is 1.05. The molecule has 0 saturated carbocycles. The highest BCUT2D eigenvalue weighted by Gasteiger charge is 2.09. The van der Waals surface area contributed by atoms with Crippen molar-refractivity contribution in [1.82, 2.24) is 14.9 Å². The van der Waals surface area contributed by atoms with E-state index in [0.29, 0.717) is 6.04 Å². The smallest absolute Gasteiger partial charge is 0.122 e. The van der Waals surface area contributed by atoms with Gasteiger partial charge < -0.3 is 9.88 Å². The normalized spacial score (nSPS) is 12.6. The zero-order valence-electron chi connectivity index (χ0n) is 10.0. The van der Waals surface area contributed by atoms with Gasteiger partial charge in [-0.2, -0.15) is 0 Å². The number of nitrogens with one attached hydrogen (secondary N) is 1. The van der Waals surface area contributed by atoms with Crippen LogP contribution in [0.3, 0.4) is 0 Å². The lowest BCUT2D eigenvalue weighted by Crippen LogP contribution is -2.20. The van der Waals surface area contributed by atoms with Gasteiger partial charge in [0.1, 0.15) is 5.82 Å². The van der Waals surface area contributed by atoms with Crippen LogP contribution in [-0.4, -0.2) is 9.55 Å². The Bertz CT molecular complexity index is 493. The lowest BCUT2D eigenvalue weighted by Gasteiger charge is -2.15. The Kier molecular flexibility index (Phi) is 3.97. The van der Waals surface area contributed by atoms with Crippen molar-refractivity contribution in [2.24, 2.45) is 7.05 Å². The fraction of sp³-hybridized carbons (Fsp3) is 0.308. The number of hydrogen-bond donors (Lipinski definition) is 1. The number of aryl methyl sites for hydroxylation is 1. The van der Waals surface area contributed by atoms with E-state index in [1.54, 1.807) is 0 Å². The molecule has 1 atom stereocenters. The van der Waals surface area contributed by atoms with E-state index in [-0.39, 0.29) is 0 Å². The number of nitrogens with zero attached hydrogens (tertiary/aromatic N) is 2. The van der Waals surface area contributed by atoms with Gasteiger partial charge in [-0.25, -0.2) is 4.98 Å². The van der Waals surface area contributed by atoms with E-state index in [4.69, 9.17) is 0 Å². The van der Waals surface area contributed by atoms with Crippen LogP contribution >= 0.6 is 15.9 Å². The van der Waals surface area contributed by atoms with Gasteiger partial charge in [0, 0.05) is 30.0 Å². The molecule has 0 saturated heterocycles. The van der Waals surface area contributed by atoms with Gasteiger partial charge in [-0.15, -0.1) is 0 Å². The van der Waals surface area contributed by atoms with Gasteiger partial charge in [-0.3, -0.25) is 0 Å². The highest BCUT2D eigenvalue weighted by molar-refractivity contribution is 9.10. The molecular weight excluding hydrogens is 278 g/mol. The Morgan fingerprint density at radius 2 is 2.18 bits per heavy atom.